The molecule has 0 aliphatic heterocycles. The number of aromatic nitrogens is 4. The Morgan fingerprint density at radius 3 is 1.53 bits per heavy atom. The van der Waals surface area contributed by atoms with Crippen LogP contribution < -0.4 is 0 Å². The predicted octanol–water partition coefficient (Wildman–Crippen LogP) is 10.7. The molecule has 3 aromatic rings. The zero-order valence-corrected chi connectivity index (χ0v) is 37.6. The monoisotopic (exact) mass is 834 g/mol. The first-order valence-corrected chi connectivity index (χ1v) is 22.4. The van der Waals surface area contributed by atoms with Gasteiger partial charge in [0.25, 0.3) is 11.7 Å². The molecule has 0 spiro atoms. The summed E-state index contributed by atoms with van der Waals surface area (Å²) in [6, 6.07) is 9.75. The smallest absolute Gasteiger partial charge is 0.307 e. The molecule has 5 rings (SSSR count). The summed E-state index contributed by atoms with van der Waals surface area (Å²) in [6.45, 7) is 13.0. The van der Waals surface area contributed by atoms with E-state index in [9.17, 15) is 19.2 Å². The summed E-state index contributed by atoms with van der Waals surface area (Å²) < 4.78 is 21.8. The van der Waals surface area contributed by atoms with Gasteiger partial charge in [-0.3, -0.25) is 19.2 Å². The summed E-state index contributed by atoms with van der Waals surface area (Å²) in [6.07, 6.45) is 19.4. The van der Waals surface area contributed by atoms with Gasteiger partial charge in [-0.2, -0.15) is 9.97 Å². The average Bonchev–Trinajstić information content (AvgIpc) is 3.89. The number of carbonyl (C=O) groups is 4. The molecular formula is C47H71N5O8. The van der Waals surface area contributed by atoms with Gasteiger partial charge in [-0.25, -0.2) is 0 Å². The van der Waals surface area contributed by atoms with E-state index in [-0.39, 0.29) is 60.0 Å². The minimum Gasteiger partial charge on any atom is -0.460 e. The highest BCUT2D eigenvalue weighted by Crippen LogP contribution is 2.33. The van der Waals surface area contributed by atoms with Gasteiger partial charge < -0.3 is 23.4 Å². The van der Waals surface area contributed by atoms with Gasteiger partial charge in [-0.05, 0) is 71.8 Å². The van der Waals surface area contributed by atoms with Crippen molar-refractivity contribution in [2.24, 2.45) is 11.8 Å². The van der Waals surface area contributed by atoms with Crippen LogP contribution in [0.15, 0.2) is 39.4 Å². The van der Waals surface area contributed by atoms with Crippen LogP contribution >= 0.6 is 0 Å². The third-order valence-electron chi connectivity index (χ3n) is 11.1. The molecule has 13 heteroatoms. The molecule has 0 N–H and O–H groups in total. The summed E-state index contributed by atoms with van der Waals surface area (Å²) in [5.41, 5.74) is -0.0595. The Morgan fingerprint density at radius 1 is 0.683 bits per heavy atom. The number of amides is 1. The van der Waals surface area contributed by atoms with Crippen LogP contribution in [0.3, 0.4) is 0 Å². The fourth-order valence-electron chi connectivity index (χ4n) is 8.18. The number of nitrogens with zero attached hydrogens (tertiary/aromatic N) is 5. The van der Waals surface area contributed by atoms with Crippen molar-refractivity contribution in [3.05, 3.63) is 59.3 Å². The minimum atomic E-state index is -0.556. The van der Waals surface area contributed by atoms with Gasteiger partial charge >= 0.3 is 11.9 Å². The normalized spacial score (nSPS) is 16.3. The van der Waals surface area contributed by atoms with E-state index < -0.39 is 11.2 Å². The van der Waals surface area contributed by atoms with Crippen molar-refractivity contribution in [3.63, 3.8) is 0 Å². The number of esters is 2. The van der Waals surface area contributed by atoms with Crippen molar-refractivity contribution in [1.29, 1.82) is 0 Å². The summed E-state index contributed by atoms with van der Waals surface area (Å²) in [5.74, 6) is 0.789. The molecule has 2 atom stereocenters. The van der Waals surface area contributed by atoms with Crippen molar-refractivity contribution in [2.75, 3.05) is 7.05 Å². The number of hydrogen-bond acceptors (Lipinski definition) is 12. The molecule has 2 saturated carbocycles. The Morgan fingerprint density at radius 2 is 1.12 bits per heavy atom. The van der Waals surface area contributed by atoms with Crippen LogP contribution in [0.25, 0.3) is 0 Å². The van der Waals surface area contributed by atoms with Gasteiger partial charge in [0.15, 0.2) is 0 Å². The first kappa shape index (κ1) is 48.2. The highest BCUT2D eigenvalue weighted by atomic mass is 16.6. The second-order valence-electron chi connectivity index (χ2n) is 19.0. The molecule has 2 aliphatic carbocycles. The maximum absolute atomic E-state index is 12.9. The Hall–Kier alpha value is -4.42. The highest BCUT2D eigenvalue weighted by molar-refractivity contribution is 5.90. The molecule has 2 heterocycles. The Kier molecular flexibility index (Phi) is 18.9. The number of carbonyl (C=O) groups excluding carboxylic acids is 4. The molecule has 60 heavy (non-hydrogen) atoms. The topological polar surface area (TPSA) is 168 Å². The quantitative estimate of drug-likeness (QED) is 0.0880. The molecule has 0 radical (unpaired) electrons. The summed E-state index contributed by atoms with van der Waals surface area (Å²) in [5, 5.41) is 7.68. The lowest BCUT2D eigenvalue weighted by atomic mass is 9.84. The van der Waals surface area contributed by atoms with Crippen molar-refractivity contribution in [2.45, 2.75) is 194 Å². The van der Waals surface area contributed by atoms with Gasteiger partial charge in [0.1, 0.15) is 11.2 Å². The van der Waals surface area contributed by atoms with Crippen LogP contribution in [0.1, 0.15) is 214 Å². The van der Waals surface area contributed by atoms with E-state index in [0.717, 1.165) is 49.5 Å². The lowest BCUT2D eigenvalue weighted by Crippen LogP contribution is -2.27. The fourth-order valence-corrected chi connectivity index (χ4v) is 8.18. The van der Waals surface area contributed by atoms with E-state index in [2.05, 4.69) is 20.3 Å². The van der Waals surface area contributed by atoms with Crippen molar-refractivity contribution in [1.82, 2.24) is 25.2 Å². The molecule has 1 amide bonds. The molecule has 0 saturated heterocycles. The van der Waals surface area contributed by atoms with E-state index in [4.69, 9.17) is 18.5 Å². The molecule has 0 bridgehead atoms. The lowest BCUT2D eigenvalue weighted by molar-refractivity contribution is -0.156. The summed E-state index contributed by atoms with van der Waals surface area (Å²) >= 11 is 0. The maximum atomic E-state index is 12.9. The van der Waals surface area contributed by atoms with E-state index >= 15 is 0 Å². The first-order valence-electron chi connectivity index (χ1n) is 22.4. The molecule has 2 aromatic heterocycles. The third-order valence-corrected chi connectivity index (χ3v) is 11.1. The van der Waals surface area contributed by atoms with Crippen LogP contribution in [-0.4, -0.2) is 67.1 Å². The van der Waals surface area contributed by atoms with Crippen molar-refractivity contribution in [3.8, 4) is 0 Å². The van der Waals surface area contributed by atoms with Crippen molar-refractivity contribution >= 4 is 23.6 Å². The third kappa shape index (κ3) is 17.7. The van der Waals surface area contributed by atoms with E-state index in [0.29, 0.717) is 18.3 Å². The predicted molar refractivity (Wildman–Crippen MR) is 228 cm³/mol. The zero-order valence-electron chi connectivity index (χ0n) is 37.6. The van der Waals surface area contributed by atoms with E-state index in [1.54, 1.807) is 11.9 Å². The molecular weight excluding hydrogens is 763 g/mol. The second kappa shape index (κ2) is 23.5. The second-order valence-corrected chi connectivity index (χ2v) is 19.0. The molecule has 0 unspecified atom stereocenters. The van der Waals surface area contributed by atoms with Crippen molar-refractivity contribution < 1.29 is 37.7 Å². The van der Waals surface area contributed by atoms with Gasteiger partial charge in [0.2, 0.25) is 23.4 Å². The number of rotatable bonds is 18. The number of ketones is 1. The molecule has 332 valence electrons. The van der Waals surface area contributed by atoms with Crippen LogP contribution in [0.2, 0.25) is 0 Å². The number of ether oxygens (including phenoxy) is 2. The van der Waals surface area contributed by atoms with Gasteiger partial charge in [-0.1, -0.05) is 131 Å². The van der Waals surface area contributed by atoms with Crippen LogP contribution in [-0.2, 0) is 25.6 Å². The fraction of sp³-hybridized carbons (Fsp3) is 0.702. The highest BCUT2D eigenvalue weighted by Gasteiger charge is 2.29. The zero-order chi connectivity index (χ0) is 43.7. The molecule has 13 nitrogen and oxygen atoms in total. The maximum Gasteiger partial charge on any atom is 0.307 e. The lowest BCUT2D eigenvalue weighted by Gasteiger charge is -2.23. The summed E-state index contributed by atoms with van der Waals surface area (Å²) in [7, 11) is 1.72. The molecule has 2 fully saturated rings. The minimum absolute atomic E-state index is 0.0231. The summed E-state index contributed by atoms with van der Waals surface area (Å²) in [4.78, 5) is 59.3. The number of Topliss-reactive ketones (excluding diaryl/α,β-unsaturated/α-hetero) is 1. The van der Waals surface area contributed by atoms with Crippen LogP contribution in [0, 0.1) is 11.8 Å². The van der Waals surface area contributed by atoms with E-state index in [1.165, 1.54) is 77.6 Å². The van der Waals surface area contributed by atoms with Gasteiger partial charge in [0.05, 0.1) is 12.8 Å². The van der Waals surface area contributed by atoms with Gasteiger partial charge in [0, 0.05) is 32.4 Å². The van der Waals surface area contributed by atoms with Gasteiger partial charge in [-0.15, -0.1) is 0 Å². The Labute approximate surface area is 357 Å². The standard InChI is InChI=1S/C27H39N3O4.C20H32N2O4/c1-27(2,3)33-23(31)18-22(17-11-16-20-12-7-5-8-13-20)25-28-24(29-34-25)26(32)30(4)19-21-14-9-6-10-15-21;1-14(23)18-21-19(26-22-18)16(13-17(24)25-20(2,3)4)12-8-11-15-9-6-5-7-10-15/h6,9-10,14-15,20,22H,5,7-8,11-13,16-19H2,1-4H3;15-16H,5-13H2,1-4H3/t22-;16-/m11/s1. The molecule has 1 aromatic carbocycles. The van der Waals surface area contributed by atoms with E-state index in [1.807, 2.05) is 71.9 Å². The first-order chi connectivity index (χ1) is 28.5. The number of hydrogen-bond donors (Lipinski definition) is 0. The largest absolute Gasteiger partial charge is 0.460 e. The Balaban J connectivity index is 0.000000275. The molecule has 2 aliphatic rings. The van der Waals surface area contributed by atoms with Crippen LogP contribution in [0.5, 0.6) is 0 Å². The Bertz CT molecular complexity index is 1760. The average molecular weight is 834 g/mol. The SMILES string of the molecule is CC(=O)c1noc([C@H](CCCC2CCCCC2)CC(=O)OC(C)(C)C)n1.CN(Cc1ccccc1)C(=O)c1noc([C@H](CCCC2CCCCC2)CC(=O)OC(C)(C)C)n1. The van der Waals surface area contributed by atoms with Crippen LogP contribution in [0.4, 0.5) is 0 Å². The number of benzene rings is 1.